The van der Waals surface area contributed by atoms with Gasteiger partial charge in [0.25, 0.3) is 0 Å². The summed E-state index contributed by atoms with van der Waals surface area (Å²) in [6, 6.07) is 9.45. The molecule has 1 unspecified atom stereocenters. The van der Waals surface area contributed by atoms with Gasteiger partial charge >= 0.3 is 0 Å². The van der Waals surface area contributed by atoms with E-state index in [0.717, 1.165) is 23.4 Å². The second-order valence-corrected chi connectivity index (χ2v) is 10.3. The maximum Gasteiger partial charge on any atom is 0.243 e. The summed E-state index contributed by atoms with van der Waals surface area (Å²) in [4.78, 5) is 52.6. The number of aliphatic imine (C=N–C) groups is 1. The van der Waals surface area contributed by atoms with E-state index in [0.29, 0.717) is 32.4 Å². The number of rotatable bonds is 15. The summed E-state index contributed by atoms with van der Waals surface area (Å²) < 4.78 is 2.71. The normalized spacial score (nSPS) is 10.2. The van der Waals surface area contributed by atoms with Crippen molar-refractivity contribution in [2.45, 2.75) is 59.4 Å². The fraction of sp³-hybridized carbons (Fsp3) is 0.533. The Morgan fingerprint density at radius 2 is 1.61 bits per heavy atom. The van der Waals surface area contributed by atoms with E-state index in [1.807, 2.05) is 56.8 Å². The number of aromatic amines is 1. The first-order valence-electron chi connectivity index (χ1n) is 15.1. The molecule has 16 heteroatoms. The number of imidazole rings is 1. The van der Waals surface area contributed by atoms with Crippen LogP contribution in [0.15, 0.2) is 41.5 Å². The quantitative estimate of drug-likeness (QED) is 0.0536. The summed E-state index contributed by atoms with van der Waals surface area (Å²) in [5.74, 6) is -1.80. The zero-order valence-electron chi connectivity index (χ0n) is 27.9. The summed E-state index contributed by atoms with van der Waals surface area (Å²) in [6.45, 7) is 9.40. The lowest BCUT2D eigenvalue weighted by Crippen LogP contribution is -2.51. The van der Waals surface area contributed by atoms with E-state index in [4.69, 9.17) is 35.2 Å². The van der Waals surface area contributed by atoms with Crippen molar-refractivity contribution >= 4 is 41.8 Å². The van der Waals surface area contributed by atoms with Crippen LogP contribution in [-0.2, 0) is 26.2 Å². The first kappa shape index (κ1) is 43.8. The molecule has 1 atom stereocenters. The van der Waals surface area contributed by atoms with Gasteiger partial charge in [-0.2, -0.15) is 0 Å². The van der Waals surface area contributed by atoms with Gasteiger partial charge in [-0.25, -0.2) is 0 Å². The van der Waals surface area contributed by atoms with E-state index < -0.39 is 23.8 Å². The van der Waals surface area contributed by atoms with Gasteiger partial charge in [-0.15, -0.1) is 0 Å². The Bertz CT molecular complexity index is 1210. The number of unbranched alkanes of at least 4 members (excludes halogenated alkanes) is 1. The minimum Gasteiger partial charge on any atom is -0.370 e. The number of aromatic nitrogens is 2. The summed E-state index contributed by atoms with van der Waals surface area (Å²) >= 11 is 4.88. The average molecular weight is 666 g/mol. The van der Waals surface area contributed by atoms with E-state index >= 15 is 0 Å². The summed E-state index contributed by atoms with van der Waals surface area (Å²) in [7, 11) is 1.94. The van der Waals surface area contributed by atoms with Crippen molar-refractivity contribution in [2.75, 3.05) is 39.3 Å². The van der Waals surface area contributed by atoms with E-state index in [9.17, 15) is 19.2 Å². The lowest BCUT2D eigenvalue weighted by molar-refractivity contribution is -0.130. The number of likely N-dealkylation sites (N-methyl/N-ethyl adjacent to an activating group) is 1. The lowest BCUT2D eigenvalue weighted by Gasteiger charge is -2.18. The number of hydrogen-bond donors (Lipinski definition) is 9. The zero-order chi connectivity index (χ0) is 35.3. The molecular weight excluding hydrogens is 610 g/mol. The summed E-state index contributed by atoms with van der Waals surface area (Å²) in [5.41, 5.74) is 22.9. The van der Waals surface area contributed by atoms with E-state index in [1.165, 1.54) is 5.56 Å². The molecule has 15 nitrogen and oxygen atoms in total. The van der Waals surface area contributed by atoms with Crippen molar-refractivity contribution < 1.29 is 19.2 Å². The first-order chi connectivity index (χ1) is 21.8. The number of guanidine groups is 1. The Morgan fingerprint density at radius 3 is 2.00 bits per heavy atom. The van der Waals surface area contributed by atoms with Crippen molar-refractivity contribution in [1.29, 1.82) is 0 Å². The Hall–Kier alpha value is -4.28. The Kier molecular flexibility index (Phi) is 26.9. The molecule has 0 aliphatic rings. The molecule has 1 heterocycles. The molecule has 46 heavy (non-hydrogen) atoms. The number of H-pyrrole nitrogens is 1. The topological polar surface area (TPSA) is 254 Å². The molecule has 0 spiro atoms. The zero-order valence-corrected chi connectivity index (χ0v) is 28.7. The van der Waals surface area contributed by atoms with Crippen LogP contribution in [0.2, 0.25) is 0 Å². The van der Waals surface area contributed by atoms with Crippen molar-refractivity contribution in [3.8, 4) is 0 Å². The van der Waals surface area contributed by atoms with E-state index in [2.05, 4.69) is 50.3 Å². The molecule has 260 valence electrons. The predicted octanol–water partition coefficient (Wildman–Crippen LogP) is -0.0167. The average Bonchev–Trinajstić information content (AvgIpc) is 3.32. The molecule has 0 fully saturated rings. The molecule has 0 aliphatic heterocycles. The highest BCUT2D eigenvalue weighted by Crippen LogP contribution is 2.01. The van der Waals surface area contributed by atoms with Crippen LogP contribution in [0, 0.1) is 18.6 Å². The standard InChI is InChI=1S/C14H28N6O4.C7H8.C5H8N2S.C4H11N3/c1-2-17-8-12(22)18-9-13(23)20-10(5-3-4-6-15)14(24)19-7-11(16)21;1-7-5-3-2-4-6-7;1-4-3-6-5(8)7(4)2;1-2-3-7-4(5)6/h10,17H,2-9,15H2,1H3,(H2,16,21)(H,18,22)(H,19,24)(H,20,23);2-6H,1H3;3H,1-2H3,(H,6,8);2-3H2,1H3,(H4,5,6,7). The third kappa shape index (κ3) is 26.2. The molecule has 0 radical (unpaired) electrons. The van der Waals surface area contributed by atoms with E-state index in [1.54, 1.807) is 0 Å². The summed E-state index contributed by atoms with van der Waals surface area (Å²) in [5, 5.41) is 10.2. The Balaban J connectivity index is 0. The van der Waals surface area contributed by atoms with E-state index in [-0.39, 0.29) is 31.5 Å². The van der Waals surface area contributed by atoms with Crippen molar-refractivity contribution in [3.63, 3.8) is 0 Å². The molecule has 0 aliphatic carbocycles. The molecule has 2 rings (SSSR count). The first-order valence-corrected chi connectivity index (χ1v) is 15.5. The maximum atomic E-state index is 12.0. The summed E-state index contributed by atoms with van der Waals surface area (Å²) in [6.07, 6.45) is 4.60. The van der Waals surface area contributed by atoms with Crippen LogP contribution >= 0.6 is 12.2 Å². The van der Waals surface area contributed by atoms with Crippen LogP contribution in [0.5, 0.6) is 0 Å². The third-order valence-electron chi connectivity index (χ3n) is 5.71. The number of carbonyl (C=O) groups excluding carboxylic acids is 4. The van der Waals surface area contributed by atoms with Gasteiger partial charge < -0.3 is 53.8 Å². The van der Waals surface area contributed by atoms with Crippen LogP contribution in [0.3, 0.4) is 0 Å². The molecule has 0 saturated heterocycles. The largest absolute Gasteiger partial charge is 0.370 e. The second-order valence-electron chi connectivity index (χ2n) is 9.90. The van der Waals surface area contributed by atoms with Crippen LogP contribution in [-0.4, -0.2) is 84.4 Å². The molecule has 1 aromatic carbocycles. The number of amides is 4. The van der Waals surface area contributed by atoms with Crippen molar-refractivity contribution in [2.24, 2.45) is 35.0 Å². The molecule has 4 amide bonds. The second kappa shape index (κ2) is 28.2. The van der Waals surface area contributed by atoms with Crippen molar-refractivity contribution in [3.05, 3.63) is 52.6 Å². The van der Waals surface area contributed by atoms with Gasteiger partial charge in [-0.3, -0.25) is 24.2 Å². The van der Waals surface area contributed by atoms with Gasteiger partial charge in [0.15, 0.2) is 10.7 Å². The molecule has 2 aromatic rings. The highest BCUT2D eigenvalue weighted by Gasteiger charge is 2.20. The maximum absolute atomic E-state index is 12.0. The fourth-order valence-electron chi connectivity index (χ4n) is 3.08. The van der Waals surface area contributed by atoms with Crippen LogP contribution in [0.25, 0.3) is 0 Å². The Morgan fingerprint density at radius 1 is 0.957 bits per heavy atom. The van der Waals surface area contributed by atoms with Crippen molar-refractivity contribution in [1.82, 2.24) is 30.8 Å². The highest BCUT2D eigenvalue weighted by molar-refractivity contribution is 7.71. The number of benzene rings is 1. The monoisotopic (exact) mass is 665 g/mol. The lowest BCUT2D eigenvalue weighted by atomic mass is 10.1. The van der Waals surface area contributed by atoms with Gasteiger partial charge in [-0.05, 0) is 64.8 Å². The SMILES string of the molecule is CCCN=C(N)N.CCNCC(=O)NCC(=O)NC(CCCCN)C(=O)NCC(N)=O.Cc1c[nH]c(=S)n1C.Cc1ccccc1. The minimum absolute atomic E-state index is 0.114. The van der Waals surface area contributed by atoms with Gasteiger partial charge in [-0.1, -0.05) is 49.7 Å². The third-order valence-corrected chi connectivity index (χ3v) is 6.11. The minimum atomic E-state index is -0.811. The number of aryl methyl sites for hydroxylation is 2. The smallest absolute Gasteiger partial charge is 0.243 e. The number of primary amides is 1. The molecule has 0 saturated carbocycles. The number of hydrogen-bond acceptors (Lipinski definition) is 8. The Labute approximate surface area is 277 Å². The predicted molar refractivity (Wildman–Crippen MR) is 186 cm³/mol. The molecule has 1 aromatic heterocycles. The van der Waals surface area contributed by atoms with Crippen LogP contribution < -0.4 is 44.2 Å². The molecular formula is C30H55N11O4S. The number of carbonyl (C=O) groups is 4. The number of nitrogens with two attached hydrogens (primary N) is 4. The molecule has 13 N–H and O–H groups in total. The van der Waals surface area contributed by atoms with Gasteiger partial charge in [0, 0.05) is 25.5 Å². The van der Waals surface area contributed by atoms with Crippen LogP contribution in [0.1, 0.15) is 50.8 Å². The fourth-order valence-corrected chi connectivity index (χ4v) is 3.28. The molecule has 0 bridgehead atoms. The van der Waals surface area contributed by atoms with Crippen LogP contribution in [0.4, 0.5) is 0 Å². The number of nitrogens with one attached hydrogen (secondary N) is 5. The number of nitrogens with zero attached hydrogens (tertiary/aromatic N) is 2. The highest BCUT2D eigenvalue weighted by atomic mass is 32.1. The van der Waals surface area contributed by atoms with Gasteiger partial charge in [0.05, 0.1) is 19.6 Å². The van der Waals surface area contributed by atoms with Gasteiger partial charge in [0.1, 0.15) is 6.04 Å². The van der Waals surface area contributed by atoms with Gasteiger partial charge in [0.2, 0.25) is 23.6 Å².